The van der Waals surface area contributed by atoms with Gasteiger partial charge in [-0.15, -0.1) is 24.8 Å². The molecule has 3 aromatic rings. The summed E-state index contributed by atoms with van der Waals surface area (Å²) in [7, 11) is 0. The van der Waals surface area contributed by atoms with Gasteiger partial charge in [-0.05, 0) is 0 Å². The molecule has 0 fully saturated rings. The molecule has 172 valence electrons. The number of hydrogen-bond donors (Lipinski definition) is 0. The molecule has 1 nitrogen and oxygen atoms in total. The van der Waals surface area contributed by atoms with Crippen LogP contribution in [0.4, 0.5) is 0 Å². The number of halogens is 2. The van der Waals surface area contributed by atoms with Gasteiger partial charge in [-0.25, -0.2) is 0 Å². The van der Waals surface area contributed by atoms with Crippen LogP contribution in [0.3, 0.4) is 0 Å². The van der Waals surface area contributed by atoms with E-state index in [1.54, 1.807) is 0 Å². The van der Waals surface area contributed by atoms with Gasteiger partial charge in [0.05, 0.1) is 0 Å². The third-order valence-electron chi connectivity index (χ3n) is 5.55. The van der Waals surface area contributed by atoms with Gasteiger partial charge in [0.1, 0.15) is 0 Å². The van der Waals surface area contributed by atoms with Crippen LogP contribution in [0, 0.1) is 6.92 Å². The van der Waals surface area contributed by atoms with Gasteiger partial charge in [0, 0.05) is 0 Å². The van der Waals surface area contributed by atoms with Crippen molar-refractivity contribution in [2.24, 2.45) is 0 Å². The van der Waals surface area contributed by atoms with Crippen LogP contribution in [0.25, 0.3) is 0 Å². The van der Waals surface area contributed by atoms with Gasteiger partial charge in [-0.3, -0.25) is 0 Å². The summed E-state index contributed by atoms with van der Waals surface area (Å²) in [4.78, 5) is 0. The van der Waals surface area contributed by atoms with Gasteiger partial charge >= 0.3 is 193 Å². The molecule has 0 N–H and O–H groups in total. The predicted molar refractivity (Wildman–Crippen MR) is 143 cm³/mol. The molecule has 0 spiro atoms. The molecule has 1 aliphatic carbocycles. The van der Waals surface area contributed by atoms with Gasteiger partial charge in [-0.1, -0.05) is 0 Å². The molecule has 33 heavy (non-hydrogen) atoms. The zero-order chi connectivity index (χ0) is 21.8. The molecule has 1 aliphatic rings. The average molecular weight is 515 g/mol. The van der Waals surface area contributed by atoms with Crippen molar-refractivity contribution < 1.29 is 21.1 Å². The fourth-order valence-corrected chi connectivity index (χ4v) is 7.51. The van der Waals surface area contributed by atoms with E-state index in [2.05, 4.69) is 125 Å². The number of aryl methyl sites for hydroxylation is 1. The maximum atomic E-state index is 7.01. The van der Waals surface area contributed by atoms with Gasteiger partial charge < -0.3 is 0 Å². The van der Waals surface area contributed by atoms with Crippen molar-refractivity contribution in [2.75, 3.05) is 0 Å². The van der Waals surface area contributed by atoms with E-state index in [4.69, 9.17) is 3.32 Å². The molecule has 0 saturated carbocycles. The summed E-state index contributed by atoms with van der Waals surface area (Å²) in [6.07, 6.45) is 7.68. The molecule has 0 unspecified atom stereocenters. The van der Waals surface area contributed by atoms with Crippen LogP contribution in [-0.2, 0) is 23.2 Å². The first kappa shape index (κ1) is 27.3. The molecule has 3 aromatic carbocycles. The zero-order valence-corrected chi connectivity index (χ0v) is 22.9. The molecule has 0 heterocycles. The number of benzene rings is 3. The second-order valence-electron chi connectivity index (χ2n) is 9.15. The summed E-state index contributed by atoms with van der Waals surface area (Å²) in [5.41, 5.74) is 5.18. The van der Waals surface area contributed by atoms with E-state index >= 15 is 0 Å². The second-order valence-corrected chi connectivity index (χ2v) is 12.3. The van der Waals surface area contributed by atoms with Crippen LogP contribution < -0.4 is 3.32 Å². The van der Waals surface area contributed by atoms with E-state index in [-0.39, 0.29) is 30.2 Å². The number of allylic oxidation sites excluding steroid dienone is 4. The summed E-state index contributed by atoms with van der Waals surface area (Å²) in [6, 6.07) is 28.3. The average Bonchev–Trinajstić information content (AvgIpc) is 3.29. The van der Waals surface area contributed by atoms with Crippen LogP contribution >= 0.6 is 24.8 Å². The number of rotatable bonds is 5. The van der Waals surface area contributed by atoms with Gasteiger partial charge in [0.15, 0.2) is 0 Å². The first-order valence-corrected chi connectivity index (χ1v) is 13.1. The van der Waals surface area contributed by atoms with E-state index < -0.39 is 17.8 Å². The Morgan fingerprint density at radius 3 is 1.88 bits per heavy atom. The first-order valence-electron chi connectivity index (χ1n) is 10.9. The van der Waals surface area contributed by atoms with Gasteiger partial charge in [0.25, 0.3) is 0 Å². The summed E-state index contributed by atoms with van der Waals surface area (Å²) in [5, 5.41) is 0. The summed E-state index contributed by atoms with van der Waals surface area (Å²) >= 11 is -2.32. The Kier molecular flexibility index (Phi) is 9.94. The Labute approximate surface area is 217 Å². The second kappa shape index (κ2) is 12.0. The quantitative estimate of drug-likeness (QED) is 0.312. The molecule has 0 amide bonds. The molecule has 0 aromatic heterocycles. The standard InChI is InChI=1S/C13H10.C11H16O.C5H5.2ClH.Ti/c1-3-7-12(8-4-1)11-13-9-5-2-6-10-13;1-8-5-9(11(2,3)4)7-10(12)6-8;1-2-4-5-3-1;;;/h1-10H;5-7,12H,1-4H3;1-3H,4H2;2*1H;/q;;;;;+1/p-1. The van der Waals surface area contributed by atoms with E-state index in [0.717, 1.165) is 12.2 Å². The van der Waals surface area contributed by atoms with Gasteiger partial charge in [-0.2, -0.15) is 0 Å². The van der Waals surface area contributed by atoms with Crippen molar-refractivity contribution in [3.63, 3.8) is 0 Å². The SMILES string of the molecule is Cc1cc([O][Ti]([C]2=CC=CC2)=[C](c2ccccc2)c2ccccc2)cc(C(C)(C)C)c1.Cl.Cl. The maximum Gasteiger partial charge on any atom is -0.147 e. The normalized spacial score (nSPS) is 12.3. The van der Waals surface area contributed by atoms with Crippen molar-refractivity contribution in [3.05, 3.63) is 123 Å². The minimum atomic E-state index is -2.32. The molecule has 4 rings (SSSR count). The molecule has 0 aliphatic heterocycles. The summed E-state index contributed by atoms with van der Waals surface area (Å²) < 4.78 is 9.82. The van der Waals surface area contributed by atoms with Crippen LogP contribution in [0.2, 0.25) is 0 Å². The monoisotopic (exact) mass is 514 g/mol. The fourth-order valence-electron chi connectivity index (χ4n) is 3.89. The maximum absolute atomic E-state index is 7.01. The molecular weight excluding hydrogens is 483 g/mol. The van der Waals surface area contributed by atoms with Crippen LogP contribution in [0.1, 0.15) is 49.4 Å². The van der Waals surface area contributed by atoms with Crippen molar-refractivity contribution in [1.29, 1.82) is 0 Å². The third-order valence-corrected chi connectivity index (χ3v) is 9.34. The minimum Gasteiger partial charge on any atom is -0.147 e. The van der Waals surface area contributed by atoms with E-state index in [1.807, 2.05) is 0 Å². The van der Waals surface area contributed by atoms with E-state index in [9.17, 15) is 0 Å². The Bertz CT molecular complexity index is 1120. The van der Waals surface area contributed by atoms with Gasteiger partial charge in [0.2, 0.25) is 0 Å². The Balaban J connectivity index is 0.00000193. The smallest absolute Gasteiger partial charge is 0.147 e. The zero-order valence-electron chi connectivity index (χ0n) is 19.7. The molecule has 0 radical (unpaired) electrons. The molecule has 0 bridgehead atoms. The molecule has 4 heteroatoms. The van der Waals surface area contributed by atoms with Crippen molar-refractivity contribution in [3.8, 4) is 5.75 Å². The summed E-state index contributed by atoms with van der Waals surface area (Å²) in [6.45, 7) is 8.95. The Hall–Kier alpha value is -1.90. The predicted octanol–water partition coefficient (Wildman–Crippen LogP) is 8.16. The minimum absolute atomic E-state index is 0. The summed E-state index contributed by atoms with van der Waals surface area (Å²) in [5.74, 6) is 0.997. The van der Waals surface area contributed by atoms with Crippen molar-refractivity contribution in [1.82, 2.24) is 0 Å². The third kappa shape index (κ3) is 6.81. The van der Waals surface area contributed by atoms with Crippen LogP contribution in [0.15, 0.2) is 101 Å². The largest absolute Gasteiger partial charge is 0.147 e. The number of hydrogen-bond acceptors (Lipinski definition) is 1. The first-order chi connectivity index (χ1) is 14.9. The van der Waals surface area contributed by atoms with E-state index in [0.29, 0.717) is 0 Å². The Morgan fingerprint density at radius 1 is 0.818 bits per heavy atom. The van der Waals surface area contributed by atoms with Crippen LogP contribution in [-0.4, -0.2) is 3.81 Å². The van der Waals surface area contributed by atoms with Crippen molar-refractivity contribution >= 4 is 28.6 Å². The van der Waals surface area contributed by atoms with Crippen molar-refractivity contribution in [2.45, 2.75) is 39.5 Å². The van der Waals surface area contributed by atoms with Crippen LogP contribution in [0.5, 0.6) is 5.75 Å². The molecular formula is C29H32Cl2OTi. The molecule has 0 saturated heterocycles. The topological polar surface area (TPSA) is 9.23 Å². The van der Waals surface area contributed by atoms with E-state index in [1.165, 1.54) is 29.9 Å². The fraction of sp³-hybridized carbons (Fsp3) is 0.207. The Morgan fingerprint density at radius 2 is 1.39 bits per heavy atom. The molecule has 0 atom stereocenters.